The molecule has 0 amide bonds. The van der Waals surface area contributed by atoms with Crippen LogP contribution in [0.4, 0.5) is 0 Å². The quantitative estimate of drug-likeness (QED) is 0.479. The molecule has 0 aromatic heterocycles. The summed E-state index contributed by atoms with van der Waals surface area (Å²) in [4.78, 5) is 0. The van der Waals surface area contributed by atoms with Gasteiger partial charge >= 0.3 is 0 Å². The van der Waals surface area contributed by atoms with Gasteiger partial charge in [0.15, 0.2) is 16.7 Å². The number of hydrogen-bond acceptors (Lipinski definition) is 5. The van der Waals surface area contributed by atoms with Crippen molar-refractivity contribution in [3.63, 3.8) is 0 Å². The van der Waals surface area contributed by atoms with Gasteiger partial charge in [-0.3, -0.25) is 0 Å². The van der Waals surface area contributed by atoms with Gasteiger partial charge in [-0.25, -0.2) is 0 Å². The first kappa shape index (κ1) is 18.2. The summed E-state index contributed by atoms with van der Waals surface area (Å²) < 4.78 is 11.2. The Hall–Kier alpha value is -2.18. The molecular formula is C17H18ClN3O2S. The molecule has 0 fully saturated rings. The van der Waals surface area contributed by atoms with Crippen LogP contribution >= 0.6 is 23.4 Å². The first-order valence-electron chi connectivity index (χ1n) is 7.08. The lowest BCUT2D eigenvalue weighted by molar-refractivity contribution is 0.284. The maximum absolute atomic E-state index is 5.97. The van der Waals surface area contributed by atoms with E-state index in [1.54, 1.807) is 13.3 Å². The first-order valence-corrected chi connectivity index (χ1v) is 8.68. The van der Waals surface area contributed by atoms with Crippen LogP contribution < -0.4 is 15.2 Å². The van der Waals surface area contributed by atoms with Gasteiger partial charge in [0.1, 0.15) is 6.61 Å². The van der Waals surface area contributed by atoms with Gasteiger partial charge in [0, 0.05) is 5.02 Å². The number of methoxy groups -OCH3 is 1. The maximum atomic E-state index is 5.97. The third-order valence-electron chi connectivity index (χ3n) is 3.04. The van der Waals surface area contributed by atoms with Crippen LogP contribution in [0, 0.1) is 0 Å². The fourth-order valence-electron chi connectivity index (χ4n) is 1.86. The average molecular weight is 364 g/mol. The number of thioether (sulfide) groups is 1. The van der Waals surface area contributed by atoms with Crippen molar-refractivity contribution in [2.24, 2.45) is 15.9 Å². The van der Waals surface area contributed by atoms with E-state index in [-0.39, 0.29) is 0 Å². The Morgan fingerprint density at radius 2 is 2.08 bits per heavy atom. The number of ether oxygens (including phenoxy) is 2. The number of benzene rings is 2. The highest BCUT2D eigenvalue weighted by Gasteiger charge is 2.06. The molecule has 0 atom stereocenters. The van der Waals surface area contributed by atoms with Gasteiger partial charge in [0.2, 0.25) is 0 Å². The number of hydrogen-bond donors (Lipinski definition) is 1. The van der Waals surface area contributed by atoms with Crippen LogP contribution in [-0.4, -0.2) is 24.7 Å². The fourth-order valence-corrected chi connectivity index (χ4v) is 2.21. The van der Waals surface area contributed by atoms with Crippen molar-refractivity contribution in [3.05, 3.63) is 58.6 Å². The highest BCUT2D eigenvalue weighted by atomic mass is 35.5. The molecule has 2 aromatic rings. The summed E-state index contributed by atoms with van der Waals surface area (Å²) in [5, 5.41) is 8.85. The average Bonchev–Trinajstić information content (AvgIpc) is 2.60. The first-order chi connectivity index (χ1) is 11.6. The Bertz CT molecular complexity index is 750. The Morgan fingerprint density at radius 1 is 1.25 bits per heavy atom. The third kappa shape index (κ3) is 5.47. The molecule has 2 rings (SSSR count). The molecule has 0 aliphatic rings. The van der Waals surface area contributed by atoms with Crippen molar-refractivity contribution in [1.29, 1.82) is 0 Å². The van der Waals surface area contributed by atoms with Crippen LogP contribution in [0.5, 0.6) is 11.5 Å². The molecule has 0 aliphatic heterocycles. The molecule has 7 heteroatoms. The zero-order chi connectivity index (χ0) is 17.4. The number of rotatable bonds is 6. The molecule has 0 bridgehead atoms. The minimum absolute atomic E-state index is 0.402. The van der Waals surface area contributed by atoms with Crippen LogP contribution in [0.15, 0.2) is 52.7 Å². The van der Waals surface area contributed by atoms with Crippen molar-refractivity contribution in [2.75, 3.05) is 13.4 Å². The summed E-state index contributed by atoms with van der Waals surface area (Å²) in [7, 11) is 1.59. The highest BCUT2D eigenvalue weighted by Crippen LogP contribution is 2.28. The Morgan fingerprint density at radius 3 is 2.79 bits per heavy atom. The van der Waals surface area contributed by atoms with Crippen LogP contribution in [0.2, 0.25) is 5.02 Å². The second kappa shape index (κ2) is 9.20. The molecule has 0 unspecified atom stereocenters. The van der Waals surface area contributed by atoms with Crippen LogP contribution in [0.1, 0.15) is 11.1 Å². The van der Waals surface area contributed by atoms with Crippen molar-refractivity contribution in [3.8, 4) is 11.5 Å². The number of halogens is 1. The molecule has 0 saturated carbocycles. The molecule has 5 nitrogen and oxygen atoms in total. The molecule has 24 heavy (non-hydrogen) atoms. The summed E-state index contributed by atoms with van der Waals surface area (Å²) >= 11 is 7.31. The molecular weight excluding hydrogens is 346 g/mol. The molecule has 0 saturated heterocycles. The second-order valence-electron chi connectivity index (χ2n) is 4.72. The Kier molecular flexibility index (Phi) is 6.96. The van der Waals surface area contributed by atoms with Gasteiger partial charge in [-0.2, -0.15) is 5.10 Å². The van der Waals surface area contributed by atoms with E-state index in [0.29, 0.717) is 28.3 Å². The van der Waals surface area contributed by atoms with E-state index in [9.17, 15) is 0 Å². The second-order valence-corrected chi connectivity index (χ2v) is 5.98. The van der Waals surface area contributed by atoms with Crippen molar-refractivity contribution in [1.82, 2.24) is 0 Å². The normalized spacial score (nSPS) is 11.7. The summed E-state index contributed by atoms with van der Waals surface area (Å²) in [5.74, 6) is 1.25. The van der Waals surface area contributed by atoms with E-state index in [1.165, 1.54) is 11.8 Å². The topological polar surface area (TPSA) is 69.2 Å². The Labute approximate surface area is 150 Å². The summed E-state index contributed by atoms with van der Waals surface area (Å²) in [6.45, 7) is 0.402. The van der Waals surface area contributed by atoms with E-state index < -0.39 is 0 Å². The molecule has 2 aromatic carbocycles. The van der Waals surface area contributed by atoms with Gasteiger partial charge in [-0.15, -0.1) is 5.10 Å². The monoisotopic (exact) mass is 363 g/mol. The van der Waals surface area contributed by atoms with E-state index in [2.05, 4.69) is 10.2 Å². The van der Waals surface area contributed by atoms with Gasteiger partial charge < -0.3 is 15.2 Å². The van der Waals surface area contributed by atoms with Gasteiger partial charge in [0.25, 0.3) is 0 Å². The lowest BCUT2D eigenvalue weighted by Gasteiger charge is -2.11. The SMILES string of the molecule is COc1cc(/C=N\N=C(/N)SC)ccc1OCc1cccc(Cl)c1. The number of amidine groups is 1. The van der Waals surface area contributed by atoms with E-state index in [4.69, 9.17) is 26.8 Å². The minimum Gasteiger partial charge on any atom is -0.493 e. The third-order valence-corrected chi connectivity index (χ3v) is 3.78. The zero-order valence-corrected chi connectivity index (χ0v) is 15.0. The van der Waals surface area contributed by atoms with Gasteiger partial charge in [-0.05, 0) is 47.7 Å². The molecule has 0 aliphatic carbocycles. The standard InChI is InChI=1S/C17H18ClN3O2S/c1-22-16-9-12(10-20-21-17(19)24-2)6-7-15(16)23-11-13-4-3-5-14(18)8-13/h3-10H,11H2,1-2H3,(H2,19,21)/b20-10-. The highest BCUT2D eigenvalue weighted by molar-refractivity contribution is 8.13. The minimum atomic E-state index is 0.402. The fraction of sp³-hybridized carbons (Fsp3) is 0.176. The zero-order valence-electron chi connectivity index (χ0n) is 13.4. The summed E-state index contributed by atoms with van der Waals surface area (Å²) in [6.07, 6.45) is 3.44. The lowest BCUT2D eigenvalue weighted by atomic mass is 10.2. The molecule has 2 N–H and O–H groups in total. The predicted octanol–water partition coefficient (Wildman–Crippen LogP) is 3.94. The van der Waals surface area contributed by atoms with Crippen LogP contribution in [-0.2, 0) is 6.61 Å². The summed E-state index contributed by atoms with van der Waals surface area (Å²) in [6, 6.07) is 13.0. The lowest BCUT2D eigenvalue weighted by Crippen LogP contribution is -2.04. The molecule has 0 heterocycles. The number of nitrogens with zero attached hydrogens (tertiary/aromatic N) is 2. The van der Waals surface area contributed by atoms with Crippen molar-refractivity contribution in [2.45, 2.75) is 6.61 Å². The van der Waals surface area contributed by atoms with Crippen molar-refractivity contribution >= 4 is 34.7 Å². The molecule has 0 spiro atoms. The van der Waals surface area contributed by atoms with Gasteiger partial charge in [-0.1, -0.05) is 35.5 Å². The molecule has 126 valence electrons. The number of nitrogens with two attached hydrogens (primary N) is 1. The molecule has 0 radical (unpaired) electrons. The maximum Gasteiger partial charge on any atom is 0.180 e. The van der Waals surface area contributed by atoms with Gasteiger partial charge in [0.05, 0.1) is 13.3 Å². The van der Waals surface area contributed by atoms with Crippen LogP contribution in [0.25, 0.3) is 0 Å². The summed E-state index contributed by atoms with van der Waals surface area (Å²) in [5.41, 5.74) is 7.38. The smallest absolute Gasteiger partial charge is 0.180 e. The Balaban J connectivity index is 2.08. The predicted molar refractivity (Wildman–Crippen MR) is 102 cm³/mol. The van der Waals surface area contributed by atoms with E-state index >= 15 is 0 Å². The van der Waals surface area contributed by atoms with E-state index in [1.807, 2.05) is 48.7 Å². The largest absolute Gasteiger partial charge is 0.493 e. The van der Waals surface area contributed by atoms with Crippen molar-refractivity contribution < 1.29 is 9.47 Å². The van der Waals surface area contributed by atoms with E-state index in [0.717, 1.165) is 11.1 Å². The van der Waals surface area contributed by atoms with Crippen LogP contribution in [0.3, 0.4) is 0 Å².